The van der Waals surface area contributed by atoms with Crippen molar-refractivity contribution >= 4 is 6.08 Å². The smallest absolute Gasteiger partial charge is 0.316 e. The van der Waals surface area contributed by atoms with Gasteiger partial charge in [-0.05, 0) is 5.56 Å². The molecule has 0 radical (unpaired) electrons. The predicted molar refractivity (Wildman–Crippen MR) is 97.5 cm³/mol. The molecule has 208 valence electrons. The molecule has 0 bridgehead atoms. The summed E-state index contributed by atoms with van der Waals surface area (Å²) in [6, 6.07) is 8.06. The van der Waals surface area contributed by atoms with Crippen molar-refractivity contribution in [1.29, 1.82) is 5.26 Å². The van der Waals surface area contributed by atoms with Crippen LogP contribution in [0.2, 0.25) is 0 Å². The van der Waals surface area contributed by atoms with Crippen molar-refractivity contribution in [1.82, 2.24) is 0 Å². The fourth-order valence-corrected chi connectivity index (χ4v) is 2.62. The first-order valence-electron chi connectivity index (χ1n) is 9.29. The van der Waals surface area contributed by atoms with Crippen LogP contribution in [0.1, 0.15) is 12.0 Å². The minimum absolute atomic E-state index is 0.264. The van der Waals surface area contributed by atoms with E-state index in [4.69, 9.17) is 11.0 Å². The third-order valence-electron chi connectivity index (χ3n) is 4.88. The van der Waals surface area contributed by atoms with Crippen LogP contribution in [0.25, 0.3) is 6.08 Å². The molecule has 1 aromatic rings. The van der Waals surface area contributed by atoms with Crippen LogP contribution < -0.4 is 5.73 Å². The first-order valence-corrected chi connectivity index (χ1v) is 9.29. The molecule has 0 saturated heterocycles. The highest BCUT2D eigenvalue weighted by Crippen LogP contribution is 2.63. The molecule has 0 aliphatic carbocycles. The van der Waals surface area contributed by atoms with E-state index in [1.807, 2.05) is 0 Å². The van der Waals surface area contributed by atoms with Gasteiger partial charge in [0.25, 0.3) is 0 Å². The number of hydrogen-bond donors (Lipinski definition) is 1. The number of rotatable bonds is 10. The fraction of sp³-hybridized carbons (Fsp3) is 0.450. The van der Waals surface area contributed by atoms with Crippen molar-refractivity contribution in [2.24, 2.45) is 5.73 Å². The van der Waals surface area contributed by atoms with Crippen LogP contribution in [-0.2, 0) is 0 Å². The van der Waals surface area contributed by atoms with E-state index in [1.54, 1.807) is 0 Å². The summed E-state index contributed by atoms with van der Waals surface area (Å²) in [5.41, 5.74) is 0.874. The van der Waals surface area contributed by atoms with E-state index in [0.717, 1.165) is 18.2 Å². The average Bonchev–Trinajstić information content (AvgIpc) is 2.76. The fourth-order valence-electron chi connectivity index (χ4n) is 2.62. The summed E-state index contributed by atoms with van der Waals surface area (Å²) in [7, 11) is 0. The lowest BCUT2D eigenvalue weighted by Gasteiger charge is -2.44. The molecular weight excluding hydrogens is 553 g/mol. The lowest BCUT2D eigenvalue weighted by Crippen LogP contribution is -2.76. The van der Waals surface area contributed by atoms with E-state index in [1.165, 1.54) is 30.3 Å². The quantitative estimate of drug-likeness (QED) is 0.240. The Morgan fingerprint density at radius 3 is 1.43 bits per heavy atom. The molecule has 17 heteroatoms. The van der Waals surface area contributed by atoms with Gasteiger partial charge in [0.15, 0.2) is 0 Å². The van der Waals surface area contributed by atoms with Gasteiger partial charge in [-0.15, -0.1) is 0 Å². The van der Waals surface area contributed by atoms with E-state index in [2.05, 4.69) is 0 Å². The molecule has 0 spiro atoms. The third-order valence-corrected chi connectivity index (χ3v) is 4.88. The van der Waals surface area contributed by atoms with Gasteiger partial charge in [-0.3, -0.25) is 0 Å². The molecule has 37 heavy (non-hydrogen) atoms. The first kappa shape index (κ1) is 32.1. The minimum atomic E-state index is -8.43. The summed E-state index contributed by atoms with van der Waals surface area (Å²) in [4.78, 5) is 0. The number of allylic oxidation sites excluding steroid dienone is 2. The number of nitrogens with two attached hydrogens (primary N) is 1. The molecule has 0 aliphatic rings. The van der Waals surface area contributed by atoms with Crippen LogP contribution in [-0.4, -0.2) is 47.3 Å². The summed E-state index contributed by atoms with van der Waals surface area (Å²) >= 11 is 0. The number of hydrogen-bond acceptors (Lipinski definition) is 2. The van der Waals surface area contributed by atoms with Crippen molar-refractivity contribution in [3.05, 3.63) is 54.1 Å². The minimum Gasteiger partial charge on any atom is -0.316 e. The molecule has 1 atom stereocenters. The Kier molecular flexibility index (Phi) is 8.48. The van der Waals surface area contributed by atoms with Crippen LogP contribution in [0.15, 0.2) is 48.6 Å². The number of halogens is 15. The first-order chi connectivity index (χ1) is 16.4. The van der Waals surface area contributed by atoms with Gasteiger partial charge in [0.2, 0.25) is 0 Å². The van der Waals surface area contributed by atoms with Crippen LogP contribution in [0, 0.1) is 11.3 Å². The second-order valence-corrected chi connectivity index (χ2v) is 7.45. The van der Waals surface area contributed by atoms with Crippen molar-refractivity contribution < 1.29 is 65.9 Å². The number of benzene rings is 1. The van der Waals surface area contributed by atoms with E-state index in [9.17, 15) is 65.9 Å². The summed E-state index contributed by atoms with van der Waals surface area (Å²) in [6.07, 6.45) is -7.81. The second-order valence-electron chi connectivity index (χ2n) is 7.45. The van der Waals surface area contributed by atoms with Gasteiger partial charge in [-0.2, -0.15) is 71.1 Å². The monoisotopic (exact) mass is 566 g/mol. The topological polar surface area (TPSA) is 49.8 Å². The molecule has 1 unspecified atom stereocenters. The average molecular weight is 566 g/mol. The Bertz CT molecular complexity index is 1040. The molecule has 0 fully saturated rings. The maximum atomic E-state index is 14.6. The van der Waals surface area contributed by atoms with Crippen LogP contribution in [0.5, 0.6) is 0 Å². The van der Waals surface area contributed by atoms with Crippen molar-refractivity contribution in [3.8, 4) is 6.07 Å². The molecule has 1 aromatic carbocycles. The largest absolute Gasteiger partial charge is 0.460 e. The van der Waals surface area contributed by atoms with Crippen LogP contribution in [0.3, 0.4) is 0 Å². The number of nitriles is 1. The Labute approximate surface area is 197 Å². The second kappa shape index (κ2) is 9.76. The molecule has 0 aromatic heterocycles. The van der Waals surface area contributed by atoms with Crippen LogP contribution in [0.4, 0.5) is 65.9 Å². The lowest BCUT2D eigenvalue weighted by molar-refractivity contribution is -0.454. The van der Waals surface area contributed by atoms with E-state index >= 15 is 0 Å². The Morgan fingerprint density at radius 1 is 0.622 bits per heavy atom. The SMILES string of the molecule is N#CCC(N)(/C=C/C=C/c1ccccc1)C(F)(F)C(F)(F)C(F)(F)C(F)(F)C(F)(F)C(F)(F)C(F)(F)F. The normalized spacial score (nSPS) is 16.7. The molecule has 0 aliphatic heterocycles. The van der Waals surface area contributed by atoms with Gasteiger partial charge in [0.1, 0.15) is 5.54 Å². The Balaban J connectivity index is 3.61. The summed E-state index contributed by atoms with van der Waals surface area (Å²) in [6.45, 7) is 0. The highest BCUT2D eigenvalue weighted by atomic mass is 19.4. The Hall–Kier alpha value is -2.90. The molecule has 2 N–H and O–H groups in total. The van der Waals surface area contributed by atoms with E-state index in [-0.39, 0.29) is 6.08 Å². The van der Waals surface area contributed by atoms with E-state index < -0.39 is 53.7 Å². The maximum Gasteiger partial charge on any atom is 0.460 e. The van der Waals surface area contributed by atoms with Crippen molar-refractivity contribution in [2.45, 2.75) is 53.7 Å². The third kappa shape index (κ3) is 4.99. The number of alkyl halides is 15. The lowest BCUT2D eigenvalue weighted by atomic mass is 9.80. The van der Waals surface area contributed by atoms with Gasteiger partial charge < -0.3 is 5.73 Å². The molecule has 0 saturated carbocycles. The molecule has 2 nitrogen and oxygen atoms in total. The van der Waals surface area contributed by atoms with Gasteiger partial charge >= 0.3 is 41.7 Å². The van der Waals surface area contributed by atoms with Gasteiger partial charge in [-0.1, -0.05) is 54.6 Å². The standard InChI is InChI=1S/C20H13F15N2/c21-14(22,13(37,10-11-36)9-5-4-8-12-6-2-1-3-7-12)15(23,24)16(25,26)17(27,28)18(29,30)19(31,32)20(33,34)35/h1-9H,10,37H2/b8-4+,9-5+. The van der Waals surface area contributed by atoms with Crippen LogP contribution >= 0.6 is 0 Å². The highest BCUT2D eigenvalue weighted by Gasteiger charge is 2.94. The molecule has 1 rings (SSSR count). The van der Waals surface area contributed by atoms with Crippen molar-refractivity contribution in [3.63, 3.8) is 0 Å². The van der Waals surface area contributed by atoms with Crippen molar-refractivity contribution in [2.75, 3.05) is 0 Å². The zero-order chi connectivity index (χ0) is 29.4. The maximum absolute atomic E-state index is 14.6. The zero-order valence-corrected chi connectivity index (χ0v) is 17.6. The summed E-state index contributed by atoms with van der Waals surface area (Å²) in [5.74, 6) is -47.8. The van der Waals surface area contributed by atoms with Gasteiger partial charge in [0.05, 0.1) is 12.5 Å². The van der Waals surface area contributed by atoms with E-state index in [0.29, 0.717) is 11.6 Å². The highest BCUT2D eigenvalue weighted by molar-refractivity contribution is 5.50. The molecular formula is C20H13F15N2. The summed E-state index contributed by atoms with van der Waals surface area (Å²) < 4.78 is 202. The number of nitrogens with zero attached hydrogens (tertiary/aromatic N) is 1. The van der Waals surface area contributed by atoms with Gasteiger partial charge in [0, 0.05) is 0 Å². The summed E-state index contributed by atoms with van der Waals surface area (Å²) in [5, 5.41) is 8.61. The molecule has 0 amide bonds. The zero-order valence-electron chi connectivity index (χ0n) is 17.6. The molecule has 0 heterocycles. The Morgan fingerprint density at radius 2 is 1.03 bits per heavy atom. The predicted octanol–water partition coefficient (Wildman–Crippen LogP) is 7.24. The van der Waals surface area contributed by atoms with Gasteiger partial charge in [-0.25, -0.2) is 0 Å².